The second-order valence-electron chi connectivity index (χ2n) is 5.10. The molecule has 0 aliphatic carbocycles. The zero-order valence-electron chi connectivity index (χ0n) is 12.7. The van der Waals surface area contributed by atoms with Crippen molar-refractivity contribution in [2.24, 2.45) is 5.14 Å². The number of carbonyl (C=O) groups excluding carboxylic acids is 1. The van der Waals surface area contributed by atoms with Crippen molar-refractivity contribution in [2.75, 3.05) is 11.1 Å². The highest BCUT2D eigenvalue weighted by molar-refractivity contribution is 7.99. The fourth-order valence-electron chi connectivity index (χ4n) is 1.89. The Morgan fingerprint density at radius 3 is 2.52 bits per heavy atom. The van der Waals surface area contributed by atoms with Gasteiger partial charge in [-0.15, -0.1) is 11.8 Å². The van der Waals surface area contributed by atoms with Gasteiger partial charge in [0.25, 0.3) is 0 Å². The maximum absolute atomic E-state index is 11.9. The molecule has 0 aromatic heterocycles. The molecule has 122 valence electrons. The second kappa shape index (κ2) is 7.63. The molecule has 3 N–H and O–H groups in total. The van der Waals surface area contributed by atoms with Crippen LogP contribution in [0.5, 0.6) is 0 Å². The van der Waals surface area contributed by atoms with Gasteiger partial charge in [0.1, 0.15) is 0 Å². The summed E-state index contributed by atoms with van der Waals surface area (Å²) < 4.78 is 22.6. The number of hydrogen-bond acceptors (Lipinski definition) is 4. The van der Waals surface area contributed by atoms with Crippen molar-refractivity contribution in [1.29, 1.82) is 0 Å². The third kappa shape index (κ3) is 5.70. The summed E-state index contributed by atoms with van der Waals surface area (Å²) in [6.07, 6.45) is 0. The Hall–Kier alpha value is -1.83. The Morgan fingerprint density at radius 2 is 1.87 bits per heavy atom. The fourth-order valence-corrected chi connectivity index (χ4v) is 3.24. The monoisotopic (exact) mass is 350 g/mol. The van der Waals surface area contributed by atoms with E-state index in [4.69, 9.17) is 5.14 Å². The molecule has 2 aromatic carbocycles. The van der Waals surface area contributed by atoms with E-state index in [1.165, 1.54) is 35.5 Å². The Morgan fingerprint density at radius 1 is 1.17 bits per heavy atom. The summed E-state index contributed by atoms with van der Waals surface area (Å²) in [7, 11) is -3.77. The summed E-state index contributed by atoms with van der Waals surface area (Å²) in [5.74, 6) is 0.840. The third-order valence-corrected chi connectivity index (χ3v) is 4.98. The molecule has 23 heavy (non-hydrogen) atoms. The molecule has 0 spiro atoms. The molecule has 0 bridgehead atoms. The number of benzene rings is 2. The van der Waals surface area contributed by atoms with Gasteiger partial charge in [0.05, 0.1) is 10.6 Å². The minimum atomic E-state index is -3.77. The Bertz CT molecular complexity index is 787. The van der Waals surface area contributed by atoms with Gasteiger partial charge < -0.3 is 5.32 Å². The molecule has 0 radical (unpaired) electrons. The first-order chi connectivity index (χ1) is 10.8. The predicted molar refractivity (Wildman–Crippen MR) is 93.8 cm³/mol. The molecule has 0 heterocycles. The number of carbonyl (C=O) groups is 1. The highest BCUT2D eigenvalue weighted by Crippen LogP contribution is 2.16. The number of nitrogens with two attached hydrogens (primary N) is 1. The van der Waals surface area contributed by atoms with Crippen molar-refractivity contribution in [1.82, 2.24) is 0 Å². The number of aryl methyl sites for hydroxylation is 1. The molecule has 0 fully saturated rings. The number of primary sulfonamides is 1. The second-order valence-corrected chi connectivity index (χ2v) is 7.65. The van der Waals surface area contributed by atoms with Crippen LogP contribution in [-0.2, 0) is 20.6 Å². The summed E-state index contributed by atoms with van der Waals surface area (Å²) in [5.41, 5.74) is 2.77. The van der Waals surface area contributed by atoms with Gasteiger partial charge in [-0.2, -0.15) is 0 Å². The van der Waals surface area contributed by atoms with E-state index in [0.717, 1.165) is 11.3 Å². The SMILES string of the molecule is Cc1ccc(CSCC(=O)Nc2cccc(S(N)(=O)=O)c2)cc1. The van der Waals surface area contributed by atoms with Crippen LogP contribution in [0.25, 0.3) is 0 Å². The first-order valence-electron chi connectivity index (χ1n) is 6.90. The van der Waals surface area contributed by atoms with Crippen LogP contribution in [0.15, 0.2) is 53.4 Å². The lowest BCUT2D eigenvalue weighted by Crippen LogP contribution is -2.16. The van der Waals surface area contributed by atoms with E-state index < -0.39 is 10.0 Å². The molecular weight excluding hydrogens is 332 g/mol. The van der Waals surface area contributed by atoms with Crippen LogP contribution in [-0.4, -0.2) is 20.1 Å². The number of anilines is 1. The minimum absolute atomic E-state index is 0.0254. The van der Waals surface area contributed by atoms with Gasteiger partial charge in [-0.1, -0.05) is 35.9 Å². The highest BCUT2D eigenvalue weighted by atomic mass is 32.2. The normalized spacial score (nSPS) is 11.2. The van der Waals surface area contributed by atoms with Crippen molar-refractivity contribution >= 4 is 33.4 Å². The van der Waals surface area contributed by atoms with Gasteiger partial charge in [0, 0.05) is 11.4 Å². The third-order valence-electron chi connectivity index (χ3n) is 3.07. The van der Waals surface area contributed by atoms with Crippen molar-refractivity contribution in [3.8, 4) is 0 Å². The Kier molecular flexibility index (Phi) is 5.81. The number of nitrogens with one attached hydrogen (secondary N) is 1. The van der Waals surface area contributed by atoms with E-state index in [-0.39, 0.29) is 16.6 Å². The molecule has 5 nitrogen and oxygen atoms in total. The lowest BCUT2D eigenvalue weighted by Gasteiger charge is -2.07. The van der Waals surface area contributed by atoms with Gasteiger partial charge in [-0.25, -0.2) is 13.6 Å². The van der Waals surface area contributed by atoms with E-state index in [1.54, 1.807) is 6.07 Å². The predicted octanol–water partition coefficient (Wildman–Crippen LogP) is 2.51. The van der Waals surface area contributed by atoms with Crippen LogP contribution in [0.3, 0.4) is 0 Å². The molecule has 0 atom stereocenters. The summed E-state index contributed by atoms with van der Waals surface area (Å²) in [4.78, 5) is 11.9. The van der Waals surface area contributed by atoms with Gasteiger partial charge >= 0.3 is 0 Å². The molecule has 2 rings (SSSR count). The molecule has 0 aliphatic heterocycles. The maximum atomic E-state index is 11.9. The number of amides is 1. The van der Waals surface area contributed by atoms with Crippen LogP contribution in [0.2, 0.25) is 0 Å². The molecule has 0 aliphatic rings. The Labute approximate surface area is 140 Å². The average molecular weight is 350 g/mol. The summed E-state index contributed by atoms with van der Waals surface area (Å²) in [6, 6.07) is 14.0. The number of hydrogen-bond donors (Lipinski definition) is 2. The molecule has 0 unspecified atom stereocenters. The topological polar surface area (TPSA) is 89.3 Å². The molecule has 0 saturated heterocycles. The van der Waals surface area contributed by atoms with E-state index in [0.29, 0.717) is 5.69 Å². The van der Waals surface area contributed by atoms with E-state index in [9.17, 15) is 13.2 Å². The van der Waals surface area contributed by atoms with Crippen LogP contribution in [0.4, 0.5) is 5.69 Å². The standard InChI is InChI=1S/C16H18N2O3S2/c1-12-5-7-13(8-6-12)10-22-11-16(19)18-14-3-2-4-15(9-14)23(17,20)21/h2-9H,10-11H2,1H3,(H,18,19)(H2,17,20,21). The maximum Gasteiger partial charge on any atom is 0.238 e. The molecule has 2 aromatic rings. The zero-order chi connectivity index (χ0) is 16.9. The molecule has 7 heteroatoms. The molecule has 0 saturated carbocycles. The van der Waals surface area contributed by atoms with E-state index >= 15 is 0 Å². The number of thioether (sulfide) groups is 1. The summed E-state index contributed by atoms with van der Waals surface area (Å²) in [6.45, 7) is 2.03. The largest absolute Gasteiger partial charge is 0.325 e. The zero-order valence-corrected chi connectivity index (χ0v) is 14.3. The number of rotatable bonds is 6. The average Bonchev–Trinajstić information content (AvgIpc) is 2.49. The van der Waals surface area contributed by atoms with Crippen molar-refractivity contribution in [3.63, 3.8) is 0 Å². The highest BCUT2D eigenvalue weighted by Gasteiger charge is 2.09. The first-order valence-corrected chi connectivity index (χ1v) is 9.61. The number of sulfonamides is 1. The fraction of sp³-hybridized carbons (Fsp3) is 0.188. The van der Waals surface area contributed by atoms with Gasteiger partial charge in [-0.05, 0) is 30.7 Å². The van der Waals surface area contributed by atoms with Crippen LogP contribution in [0, 0.1) is 6.92 Å². The smallest absolute Gasteiger partial charge is 0.238 e. The molecular formula is C16H18N2O3S2. The van der Waals surface area contributed by atoms with Crippen LogP contribution in [0.1, 0.15) is 11.1 Å². The van der Waals surface area contributed by atoms with E-state index in [2.05, 4.69) is 5.32 Å². The quantitative estimate of drug-likeness (QED) is 0.838. The minimum Gasteiger partial charge on any atom is -0.325 e. The Balaban J connectivity index is 1.86. The summed E-state index contributed by atoms with van der Waals surface area (Å²) >= 11 is 1.49. The van der Waals surface area contributed by atoms with Gasteiger partial charge in [0.15, 0.2) is 0 Å². The lowest BCUT2D eigenvalue weighted by atomic mass is 10.2. The first kappa shape index (κ1) is 17.5. The van der Waals surface area contributed by atoms with Gasteiger partial charge in [-0.3, -0.25) is 4.79 Å². The molecule has 1 amide bonds. The van der Waals surface area contributed by atoms with Crippen LogP contribution < -0.4 is 10.5 Å². The van der Waals surface area contributed by atoms with Crippen LogP contribution >= 0.6 is 11.8 Å². The van der Waals surface area contributed by atoms with Crippen molar-refractivity contribution in [2.45, 2.75) is 17.6 Å². The lowest BCUT2D eigenvalue weighted by molar-refractivity contribution is -0.113. The van der Waals surface area contributed by atoms with Crippen molar-refractivity contribution < 1.29 is 13.2 Å². The summed E-state index contributed by atoms with van der Waals surface area (Å²) in [5, 5.41) is 7.74. The van der Waals surface area contributed by atoms with Crippen molar-refractivity contribution in [3.05, 3.63) is 59.7 Å². The van der Waals surface area contributed by atoms with E-state index in [1.807, 2.05) is 31.2 Å². The van der Waals surface area contributed by atoms with Gasteiger partial charge in [0.2, 0.25) is 15.9 Å².